The summed E-state index contributed by atoms with van der Waals surface area (Å²) in [6.45, 7) is 0. The smallest absolute Gasteiger partial charge is 0.0762 e. The molecular weight excluding hydrogens is 454 g/mol. The number of para-hydroxylation sites is 2. The highest BCUT2D eigenvalue weighted by Gasteiger charge is 2.13. The number of H-pyrrole nitrogens is 1. The van der Waals surface area contributed by atoms with Crippen LogP contribution in [-0.2, 0) is 0 Å². The third-order valence-corrected chi connectivity index (χ3v) is 6.92. The molecule has 7 rings (SSSR count). The maximum atomic E-state index is 7.99. The van der Waals surface area contributed by atoms with Crippen molar-refractivity contribution in [3.63, 3.8) is 0 Å². The Bertz CT molecular complexity index is 1910. The first-order valence-electron chi connectivity index (χ1n) is 12.2. The standard InChI is InChI=1S/C32H23N5/c33-19-23-17-21(11-14-29(23)35-24-7-3-1-4-8-24)22-12-15-30-27(18-22)26-13-16-31-28(32(26)36-30)20-34-37(31)25-9-5-2-6-10-25/h1-20,33,35-36H. The first-order chi connectivity index (χ1) is 18.3. The quantitative estimate of drug-likeness (QED) is 0.219. The highest BCUT2D eigenvalue weighted by molar-refractivity contribution is 6.17. The van der Waals surface area contributed by atoms with E-state index >= 15 is 0 Å². The number of nitrogens with one attached hydrogen (secondary N) is 3. The van der Waals surface area contributed by atoms with Crippen molar-refractivity contribution in [3.05, 3.63) is 121 Å². The van der Waals surface area contributed by atoms with E-state index in [1.807, 2.05) is 65.5 Å². The Kier molecular flexibility index (Phi) is 4.86. The average Bonchev–Trinajstić information content (AvgIpc) is 3.55. The van der Waals surface area contributed by atoms with Gasteiger partial charge >= 0.3 is 0 Å². The zero-order chi connectivity index (χ0) is 24.8. The molecule has 37 heavy (non-hydrogen) atoms. The lowest BCUT2D eigenvalue weighted by Crippen LogP contribution is -1.95. The molecule has 0 unspecified atom stereocenters. The lowest BCUT2D eigenvalue weighted by Gasteiger charge is -2.11. The molecule has 0 aliphatic carbocycles. The molecule has 2 heterocycles. The summed E-state index contributed by atoms with van der Waals surface area (Å²) in [6.07, 6.45) is 3.34. The van der Waals surface area contributed by atoms with Gasteiger partial charge in [0.15, 0.2) is 0 Å². The fourth-order valence-corrected chi connectivity index (χ4v) is 5.08. The summed E-state index contributed by atoms with van der Waals surface area (Å²) in [7, 11) is 0. The van der Waals surface area contributed by atoms with Gasteiger partial charge in [-0.1, -0.05) is 54.6 Å². The first-order valence-corrected chi connectivity index (χ1v) is 12.2. The highest BCUT2D eigenvalue weighted by atomic mass is 15.3. The number of hydrogen-bond donors (Lipinski definition) is 3. The predicted octanol–water partition coefficient (Wildman–Crippen LogP) is 8.07. The Morgan fingerprint density at radius 2 is 1.49 bits per heavy atom. The van der Waals surface area contributed by atoms with Gasteiger partial charge in [0.2, 0.25) is 0 Å². The molecular formula is C32H23N5. The van der Waals surface area contributed by atoms with E-state index in [0.29, 0.717) is 0 Å². The van der Waals surface area contributed by atoms with Gasteiger partial charge < -0.3 is 15.7 Å². The van der Waals surface area contributed by atoms with Crippen molar-refractivity contribution < 1.29 is 0 Å². The summed E-state index contributed by atoms with van der Waals surface area (Å²) in [5.74, 6) is 0. The Hall–Kier alpha value is -5.16. The zero-order valence-electron chi connectivity index (χ0n) is 19.9. The van der Waals surface area contributed by atoms with Crippen LogP contribution in [0.1, 0.15) is 5.56 Å². The molecule has 0 aliphatic rings. The van der Waals surface area contributed by atoms with Crippen LogP contribution >= 0.6 is 0 Å². The lowest BCUT2D eigenvalue weighted by molar-refractivity contribution is 0.911. The van der Waals surface area contributed by atoms with Crippen LogP contribution in [-0.4, -0.2) is 21.0 Å². The van der Waals surface area contributed by atoms with E-state index in [2.05, 4.69) is 70.0 Å². The average molecular weight is 478 g/mol. The number of fused-ring (bicyclic) bond motifs is 5. The van der Waals surface area contributed by atoms with Gasteiger partial charge in [0.05, 0.1) is 22.9 Å². The summed E-state index contributed by atoms with van der Waals surface area (Å²) in [6, 6.07) is 37.3. The van der Waals surface area contributed by atoms with Crippen molar-refractivity contribution >= 4 is 50.3 Å². The second-order valence-corrected chi connectivity index (χ2v) is 9.14. The highest BCUT2D eigenvalue weighted by Crippen LogP contribution is 2.35. The van der Waals surface area contributed by atoms with Crippen LogP contribution in [0.2, 0.25) is 0 Å². The number of anilines is 2. The minimum Gasteiger partial charge on any atom is -0.355 e. The molecule has 0 aliphatic heterocycles. The number of hydrogen-bond acceptors (Lipinski definition) is 3. The Balaban J connectivity index is 1.31. The summed E-state index contributed by atoms with van der Waals surface area (Å²) >= 11 is 0. The largest absolute Gasteiger partial charge is 0.355 e. The Labute approximate surface area is 213 Å². The van der Waals surface area contributed by atoms with E-state index in [4.69, 9.17) is 5.41 Å². The van der Waals surface area contributed by atoms with Gasteiger partial charge in [-0.15, -0.1) is 0 Å². The van der Waals surface area contributed by atoms with E-state index < -0.39 is 0 Å². The molecule has 5 nitrogen and oxygen atoms in total. The van der Waals surface area contributed by atoms with Gasteiger partial charge in [-0.05, 0) is 65.7 Å². The fraction of sp³-hybridized carbons (Fsp3) is 0. The van der Waals surface area contributed by atoms with Crippen LogP contribution in [0.5, 0.6) is 0 Å². The van der Waals surface area contributed by atoms with Crippen LogP contribution in [0.15, 0.2) is 115 Å². The van der Waals surface area contributed by atoms with Crippen molar-refractivity contribution in [1.29, 1.82) is 5.41 Å². The van der Waals surface area contributed by atoms with Crippen LogP contribution in [0, 0.1) is 5.41 Å². The maximum absolute atomic E-state index is 7.99. The molecule has 0 fully saturated rings. The Morgan fingerprint density at radius 1 is 0.730 bits per heavy atom. The van der Waals surface area contributed by atoms with Gasteiger partial charge in [0, 0.05) is 44.8 Å². The van der Waals surface area contributed by atoms with Gasteiger partial charge in [-0.3, -0.25) is 0 Å². The van der Waals surface area contributed by atoms with Gasteiger partial charge in [0.1, 0.15) is 0 Å². The molecule has 5 heteroatoms. The molecule has 5 aromatic carbocycles. The van der Waals surface area contributed by atoms with E-state index in [1.165, 1.54) is 17.0 Å². The number of rotatable bonds is 5. The lowest BCUT2D eigenvalue weighted by atomic mass is 9.99. The molecule has 176 valence electrons. The molecule has 0 bridgehead atoms. The molecule has 3 N–H and O–H groups in total. The van der Waals surface area contributed by atoms with Crippen LogP contribution in [0.25, 0.3) is 49.5 Å². The second-order valence-electron chi connectivity index (χ2n) is 9.14. The Morgan fingerprint density at radius 3 is 2.30 bits per heavy atom. The minimum absolute atomic E-state index is 0.843. The maximum Gasteiger partial charge on any atom is 0.0762 e. The second kappa shape index (κ2) is 8.50. The molecule has 2 aromatic heterocycles. The fourth-order valence-electron chi connectivity index (χ4n) is 5.08. The predicted molar refractivity (Wildman–Crippen MR) is 153 cm³/mol. The first kappa shape index (κ1) is 21.1. The van der Waals surface area contributed by atoms with Crippen molar-refractivity contribution in [3.8, 4) is 16.8 Å². The summed E-state index contributed by atoms with van der Waals surface area (Å²) < 4.78 is 1.98. The van der Waals surface area contributed by atoms with Crippen LogP contribution in [0.4, 0.5) is 11.4 Å². The summed E-state index contributed by atoms with van der Waals surface area (Å²) in [4.78, 5) is 3.62. The topological polar surface area (TPSA) is 69.5 Å². The van der Waals surface area contributed by atoms with E-state index in [1.54, 1.807) is 0 Å². The van der Waals surface area contributed by atoms with Crippen molar-refractivity contribution in [2.24, 2.45) is 0 Å². The summed E-state index contributed by atoms with van der Waals surface area (Å²) in [5, 5.41) is 19.5. The molecule has 0 atom stereocenters. The van der Waals surface area contributed by atoms with Crippen LogP contribution < -0.4 is 5.32 Å². The monoisotopic (exact) mass is 477 g/mol. The normalized spacial score (nSPS) is 11.4. The van der Waals surface area contributed by atoms with E-state index in [9.17, 15) is 0 Å². The minimum atomic E-state index is 0.843. The van der Waals surface area contributed by atoms with Crippen molar-refractivity contribution in [2.45, 2.75) is 0 Å². The third-order valence-electron chi connectivity index (χ3n) is 6.92. The number of nitrogens with zero attached hydrogens (tertiary/aromatic N) is 2. The molecule has 0 spiro atoms. The van der Waals surface area contributed by atoms with E-state index in [-0.39, 0.29) is 0 Å². The number of aromatic amines is 1. The molecule has 0 saturated carbocycles. The third kappa shape index (κ3) is 3.56. The molecule has 0 saturated heterocycles. The van der Waals surface area contributed by atoms with Gasteiger partial charge in [0.25, 0.3) is 0 Å². The van der Waals surface area contributed by atoms with Crippen LogP contribution in [0.3, 0.4) is 0 Å². The number of benzene rings is 5. The SMILES string of the molecule is N=Cc1cc(-c2ccc3[nH]c4c(ccc5c4cnn5-c4ccccc4)c3c2)ccc1Nc1ccccc1. The van der Waals surface area contributed by atoms with Gasteiger partial charge in [-0.25, -0.2) is 4.68 Å². The van der Waals surface area contributed by atoms with Crippen molar-refractivity contribution in [1.82, 2.24) is 14.8 Å². The van der Waals surface area contributed by atoms with Crippen molar-refractivity contribution in [2.75, 3.05) is 5.32 Å². The van der Waals surface area contributed by atoms with E-state index in [0.717, 1.165) is 55.7 Å². The molecule has 7 aromatic rings. The number of aromatic nitrogens is 3. The zero-order valence-corrected chi connectivity index (χ0v) is 19.9. The molecule has 0 amide bonds. The summed E-state index contributed by atoms with van der Waals surface area (Å²) in [5.41, 5.74) is 9.24. The van der Waals surface area contributed by atoms with Gasteiger partial charge in [-0.2, -0.15) is 5.10 Å². The molecule has 0 radical (unpaired) electrons.